The Labute approximate surface area is 107 Å². The van der Waals surface area contributed by atoms with E-state index in [9.17, 15) is 18.9 Å². The minimum Gasteiger partial charge on any atom is -0.457 e. The van der Waals surface area contributed by atoms with Gasteiger partial charge >= 0.3 is 0 Å². The van der Waals surface area contributed by atoms with E-state index < -0.39 is 22.2 Å². The fourth-order valence-electron chi connectivity index (χ4n) is 1.49. The van der Waals surface area contributed by atoms with Crippen LogP contribution in [-0.4, -0.2) is 4.92 Å². The summed E-state index contributed by atoms with van der Waals surface area (Å²) in [6.45, 7) is 1.59. The third-order valence-corrected chi connectivity index (χ3v) is 2.45. The summed E-state index contributed by atoms with van der Waals surface area (Å²) in [5.41, 5.74) is 0.0140. The zero-order valence-corrected chi connectivity index (χ0v) is 9.89. The van der Waals surface area contributed by atoms with Gasteiger partial charge in [-0.2, -0.15) is 0 Å². The molecule has 0 N–H and O–H groups in total. The van der Waals surface area contributed by atoms with Gasteiger partial charge in [0.15, 0.2) is 0 Å². The first kappa shape index (κ1) is 12.9. The van der Waals surface area contributed by atoms with E-state index in [1.165, 1.54) is 12.1 Å². The van der Waals surface area contributed by atoms with Gasteiger partial charge in [-0.25, -0.2) is 8.78 Å². The van der Waals surface area contributed by atoms with Crippen molar-refractivity contribution in [3.05, 3.63) is 63.7 Å². The number of aryl methyl sites for hydroxylation is 1. The summed E-state index contributed by atoms with van der Waals surface area (Å²) in [5.74, 6) is -1.18. The van der Waals surface area contributed by atoms with Crippen LogP contribution in [0.25, 0.3) is 0 Å². The molecule has 0 aliphatic carbocycles. The number of ether oxygens (including phenoxy) is 1. The standard InChI is InChI=1S/C13H9F2NO3/c1-8-2-3-11(7-13(8)15)19-12-5-9(14)4-10(6-12)16(17)18/h2-7H,1H3. The topological polar surface area (TPSA) is 52.4 Å². The number of hydrogen-bond donors (Lipinski definition) is 0. The van der Waals surface area contributed by atoms with Gasteiger partial charge in [0, 0.05) is 12.1 Å². The average molecular weight is 265 g/mol. The lowest BCUT2D eigenvalue weighted by molar-refractivity contribution is -0.385. The Morgan fingerprint density at radius 3 is 2.47 bits per heavy atom. The van der Waals surface area contributed by atoms with E-state index in [1.807, 2.05) is 0 Å². The zero-order chi connectivity index (χ0) is 14.0. The number of nitrogens with zero attached hydrogens (tertiary/aromatic N) is 1. The minimum atomic E-state index is -0.795. The van der Waals surface area contributed by atoms with Crippen LogP contribution < -0.4 is 4.74 Å². The fourth-order valence-corrected chi connectivity index (χ4v) is 1.49. The van der Waals surface area contributed by atoms with E-state index >= 15 is 0 Å². The summed E-state index contributed by atoms with van der Waals surface area (Å²) in [6.07, 6.45) is 0. The second-order valence-corrected chi connectivity index (χ2v) is 3.92. The molecule has 0 bridgehead atoms. The van der Waals surface area contributed by atoms with E-state index in [0.29, 0.717) is 5.56 Å². The number of benzene rings is 2. The Balaban J connectivity index is 2.32. The molecule has 98 valence electrons. The maximum atomic E-state index is 13.3. The van der Waals surface area contributed by atoms with Gasteiger partial charge in [0.1, 0.15) is 23.1 Å². The van der Waals surface area contributed by atoms with Crippen LogP contribution in [-0.2, 0) is 0 Å². The first-order valence-electron chi connectivity index (χ1n) is 5.35. The van der Waals surface area contributed by atoms with Gasteiger partial charge in [-0.05, 0) is 18.6 Å². The Kier molecular flexibility index (Phi) is 3.41. The van der Waals surface area contributed by atoms with Crippen molar-refractivity contribution in [3.8, 4) is 11.5 Å². The van der Waals surface area contributed by atoms with Gasteiger partial charge in [0.25, 0.3) is 5.69 Å². The van der Waals surface area contributed by atoms with Crippen LogP contribution in [0.5, 0.6) is 11.5 Å². The van der Waals surface area contributed by atoms with Crippen LogP contribution in [0, 0.1) is 28.7 Å². The summed E-state index contributed by atoms with van der Waals surface area (Å²) in [6, 6.07) is 6.97. The van der Waals surface area contributed by atoms with Crippen molar-refractivity contribution in [2.45, 2.75) is 6.92 Å². The van der Waals surface area contributed by atoms with Gasteiger partial charge in [0.05, 0.1) is 17.1 Å². The van der Waals surface area contributed by atoms with Gasteiger partial charge in [-0.15, -0.1) is 0 Å². The zero-order valence-electron chi connectivity index (χ0n) is 9.89. The van der Waals surface area contributed by atoms with Crippen LogP contribution in [0.2, 0.25) is 0 Å². The van der Waals surface area contributed by atoms with Gasteiger partial charge < -0.3 is 4.74 Å². The second-order valence-electron chi connectivity index (χ2n) is 3.92. The lowest BCUT2D eigenvalue weighted by Crippen LogP contribution is -1.92. The molecule has 0 saturated heterocycles. The molecule has 0 aromatic heterocycles. The third kappa shape index (κ3) is 3.04. The summed E-state index contributed by atoms with van der Waals surface area (Å²) < 4.78 is 31.7. The van der Waals surface area contributed by atoms with Crippen molar-refractivity contribution in [2.24, 2.45) is 0 Å². The minimum absolute atomic E-state index is 0.0602. The van der Waals surface area contributed by atoms with Gasteiger partial charge in [-0.3, -0.25) is 10.1 Å². The quantitative estimate of drug-likeness (QED) is 0.623. The molecule has 2 rings (SSSR count). The molecule has 0 radical (unpaired) electrons. The molecule has 0 unspecified atom stereocenters. The van der Waals surface area contributed by atoms with Crippen molar-refractivity contribution in [3.63, 3.8) is 0 Å². The first-order valence-corrected chi connectivity index (χ1v) is 5.35. The van der Waals surface area contributed by atoms with Crippen LogP contribution >= 0.6 is 0 Å². The van der Waals surface area contributed by atoms with Crippen molar-refractivity contribution >= 4 is 5.69 Å². The molecule has 0 heterocycles. The highest BCUT2D eigenvalue weighted by molar-refractivity contribution is 5.41. The number of rotatable bonds is 3. The molecule has 6 heteroatoms. The monoisotopic (exact) mass is 265 g/mol. The van der Waals surface area contributed by atoms with E-state index in [0.717, 1.165) is 24.3 Å². The smallest absolute Gasteiger partial charge is 0.276 e. The maximum absolute atomic E-state index is 13.3. The Morgan fingerprint density at radius 1 is 1.11 bits per heavy atom. The highest BCUT2D eigenvalue weighted by Crippen LogP contribution is 2.27. The highest BCUT2D eigenvalue weighted by Gasteiger charge is 2.11. The molecule has 0 atom stereocenters. The molecule has 0 aliphatic rings. The lowest BCUT2D eigenvalue weighted by atomic mass is 10.2. The van der Waals surface area contributed by atoms with E-state index in [4.69, 9.17) is 4.74 Å². The fraction of sp³-hybridized carbons (Fsp3) is 0.0769. The maximum Gasteiger partial charge on any atom is 0.276 e. The third-order valence-electron chi connectivity index (χ3n) is 2.45. The molecule has 0 fully saturated rings. The largest absolute Gasteiger partial charge is 0.457 e. The SMILES string of the molecule is Cc1ccc(Oc2cc(F)cc([N+](=O)[O-])c2)cc1F. The van der Waals surface area contributed by atoms with Crippen LogP contribution in [0.15, 0.2) is 36.4 Å². The molecule has 2 aromatic rings. The molecule has 2 aromatic carbocycles. The average Bonchev–Trinajstić information content (AvgIpc) is 2.33. The normalized spacial score (nSPS) is 10.3. The highest BCUT2D eigenvalue weighted by atomic mass is 19.1. The molecule has 0 aliphatic heterocycles. The molecule has 0 amide bonds. The Hall–Kier alpha value is -2.50. The number of nitro groups is 1. The predicted molar refractivity (Wildman–Crippen MR) is 64.3 cm³/mol. The van der Waals surface area contributed by atoms with Gasteiger partial charge in [0.2, 0.25) is 0 Å². The summed E-state index contributed by atoms with van der Waals surface area (Å²) in [5, 5.41) is 10.6. The molecule has 19 heavy (non-hydrogen) atoms. The molecular weight excluding hydrogens is 256 g/mol. The van der Waals surface area contributed by atoms with Crippen LogP contribution in [0.1, 0.15) is 5.56 Å². The summed E-state index contributed by atoms with van der Waals surface area (Å²) in [7, 11) is 0. The van der Waals surface area contributed by atoms with Crippen molar-refractivity contribution in [1.82, 2.24) is 0 Å². The number of non-ortho nitro benzene ring substituents is 1. The van der Waals surface area contributed by atoms with Crippen molar-refractivity contribution in [2.75, 3.05) is 0 Å². The van der Waals surface area contributed by atoms with Crippen LogP contribution in [0.3, 0.4) is 0 Å². The predicted octanol–water partition coefficient (Wildman–Crippen LogP) is 3.97. The molecule has 0 saturated carbocycles. The second kappa shape index (κ2) is 5.01. The van der Waals surface area contributed by atoms with E-state index in [1.54, 1.807) is 6.92 Å². The number of nitro benzene ring substituents is 1. The van der Waals surface area contributed by atoms with E-state index in [2.05, 4.69) is 0 Å². The molecule has 0 spiro atoms. The number of hydrogen-bond acceptors (Lipinski definition) is 3. The van der Waals surface area contributed by atoms with Crippen LogP contribution in [0.4, 0.5) is 14.5 Å². The molecule has 4 nitrogen and oxygen atoms in total. The summed E-state index contributed by atoms with van der Waals surface area (Å²) in [4.78, 5) is 9.85. The van der Waals surface area contributed by atoms with Crippen molar-refractivity contribution in [1.29, 1.82) is 0 Å². The number of halogens is 2. The first-order chi connectivity index (χ1) is 8.95. The lowest BCUT2D eigenvalue weighted by Gasteiger charge is -2.06. The van der Waals surface area contributed by atoms with Crippen molar-refractivity contribution < 1.29 is 18.4 Å². The molecular formula is C13H9F2NO3. The van der Waals surface area contributed by atoms with E-state index in [-0.39, 0.29) is 11.5 Å². The Morgan fingerprint density at radius 2 is 1.84 bits per heavy atom. The van der Waals surface area contributed by atoms with Gasteiger partial charge in [-0.1, -0.05) is 6.07 Å². The Bertz CT molecular complexity index is 644. The summed E-state index contributed by atoms with van der Waals surface area (Å²) >= 11 is 0.